The van der Waals surface area contributed by atoms with Crippen molar-refractivity contribution in [2.45, 2.75) is 44.7 Å². The number of carbonyl (C=O) groups excluding carboxylic acids is 1. The summed E-state index contributed by atoms with van der Waals surface area (Å²) in [5, 5.41) is 3.15. The van der Waals surface area contributed by atoms with Gasteiger partial charge in [0, 0.05) is 12.6 Å². The molecule has 0 saturated heterocycles. The van der Waals surface area contributed by atoms with Crippen LogP contribution in [0.3, 0.4) is 0 Å². The molecule has 1 aromatic rings. The van der Waals surface area contributed by atoms with Gasteiger partial charge in [0.1, 0.15) is 5.75 Å². The second-order valence-electron chi connectivity index (χ2n) is 5.92. The van der Waals surface area contributed by atoms with Crippen LogP contribution in [0.2, 0.25) is 0 Å². The number of nitrogens with one attached hydrogen (secondary N) is 1. The Morgan fingerprint density at radius 3 is 2.52 bits per heavy atom. The van der Waals surface area contributed by atoms with Gasteiger partial charge in [0.25, 0.3) is 0 Å². The molecule has 0 aliphatic heterocycles. The summed E-state index contributed by atoms with van der Waals surface area (Å²) >= 11 is 0. The third-order valence-electron chi connectivity index (χ3n) is 4.00. The summed E-state index contributed by atoms with van der Waals surface area (Å²) in [4.78, 5) is 14.1. The highest BCUT2D eigenvalue weighted by Gasteiger charge is 2.16. The third kappa shape index (κ3) is 5.38. The number of carbonyl (C=O) groups is 1. The number of ether oxygens (including phenoxy) is 1. The predicted octanol–water partition coefficient (Wildman–Crippen LogP) is 2.58. The second-order valence-corrected chi connectivity index (χ2v) is 5.92. The van der Waals surface area contributed by atoms with Crippen molar-refractivity contribution < 1.29 is 9.53 Å². The molecule has 0 atom stereocenters. The maximum atomic E-state index is 12.0. The fraction of sp³-hybridized carbons (Fsp3) is 0.588. The van der Waals surface area contributed by atoms with Crippen LogP contribution in [0.15, 0.2) is 24.3 Å². The molecule has 4 nitrogen and oxygen atoms in total. The number of hydrogen-bond acceptors (Lipinski definition) is 3. The lowest BCUT2D eigenvalue weighted by Crippen LogP contribution is -2.41. The molecule has 1 saturated carbocycles. The van der Waals surface area contributed by atoms with Crippen LogP contribution in [0.4, 0.5) is 0 Å². The number of likely N-dealkylation sites (N-methyl/N-ethyl adjacent to an activating group) is 1. The number of benzene rings is 1. The summed E-state index contributed by atoms with van der Waals surface area (Å²) in [6, 6.07) is 8.36. The summed E-state index contributed by atoms with van der Waals surface area (Å²) < 4.78 is 5.15. The summed E-state index contributed by atoms with van der Waals surface area (Å²) in [6.45, 7) is 1.21. The van der Waals surface area contributed by atoms with Crippen molar-refractivity contribution in [1.82, 2.24) is 10.2 Å². The van der Waals surface area contributed by atoms with Gasteiger partial charge < -0.3 is 10.1 Å². The number of hydrogen-bond donors (Lipinski definition) is 1. The molecule has 1 aliphatic rings. The van der Waals surface area contributed by atoms with Crippen LogP contribution in [0, 0.1) is 0 Å². The Morgan fingerprint density at radius 2 is 1.90 bits per heavy atom. The molecule has 0 heterocycles. The van der Waals surface area contributed by atoms with Gasteiger partial charge in [-0.15, -0.1) is 0 Å². The number of amides is 1. The standard InChI is InChI=1S/C17H26N2O2/c1-19(12-14-8-10-16(21-2)11-9-14)13-17(20)18-15-6-4-3-5-7-15/h8-11,15H,3-7,12-13H2,1-2H3,(H,18,20). The molecule has 0 spiro atoms. The van der Waals surface area contributed by atoms with E-state index in [4.69, 9.17) is 4.74 Å². The van der Waals surface area contributed by atoms with Crippen LogP contribution in [0.5, 0.6) is 5.75 Å². The van der Waals surface area contributed by atoms with Crippen molar-refractivity contribution in [2.24, 2.45) is 0 Å². The Morgan fingerprint density at radius 1 is 1.24 bits per heavy atom. The van der Waals surface area contributed by atoms with Crippen molar-refractivity contribution in [2.75, 3.05) is 20.7 Å². The van der Waals surface area contributed by atoms with Crippen molar-refractivity contribution in [3.8, 4) is 5.75 Å². The lowest BCUT2D eigenvalue weighted by molar-refractivity contribution is -0.123. The van der Waals surface area contributed by atoms with Crippen LogP contribution in [-0.4, -0.2) is 37.6 Å². The summed E-state index contributed by atoms with van der Waals surface area (Å²) in [5.74, 6) is 0.995. The highest BCUT2D eigenvalue weighted by molar-refractivity contribution is 5.78. The molecule has 1 aliphatic carbocycles. The van der Waals surface area contributed by atoms with E-state index in [1.165, 1.54) is 24.8 Å². The van der Waals surface area contributed by atoms with Gasteiger partial charge in [-0.3, -0.25) is 9.69 Å². The Kier molecular flexibility index (Phi) is 6.05. The molecule has 2 rings (SSSR count). The second kappa shape index (κ2) is 8.03. The minimum atomic E-state index is 0.137. The smallest absolute Gasteiger partial charge is 0.234 e. The van der Waals surface area contributed by atoms with E-state index in [9.17, 15) is 4.79 Å². The van der Waals surface area contributed by atoms with Gasteiger partial charge in [-0.05, 0) is 37.6 Å². The normalized spacial score (nSPS) is 16.0. The lowest BCUT2D eigenvalue weighted by Gasteiger charge is -2.24. The van der Waals surface area contributed by atoms with Crippen LogP contribution < -0.4 is 10.1 Å². The van der Waals surface area contributed by atoms with Gasteiger partial charge in [0.15, 0.2) is 0 Å². The molecule has 0 radical (unpaired) electrons. The maximum Gasteiger partial charge on any atom is 0.234 e. The largest absolute Gasteiger partial charge is 0.497 e. The molecule has 1 amide bonds. The van der Waals surface area contributed by atoms with Crippen molar-refractivity contribution in [3.05, 3.63) is 29.8 Å². The van der Waals surface area contributed by atoms with Gasteiger partial charge in [-0.2, -0.15) is 0 Å². The first-order valence-corrected chi connectivity index (χ1v) is 7.78. The number of nitrogens with zero attached hydrogens (tertiary/aromatic N) is 1. The first-order chi connectivity index (χ1) is 10.2. The zero-order valence-corrected chi connectivity index (χ0v) is 13.1. The van der Waals surface area contributed by atoms with Gasteiger partial charge in [-0.25, -0.2) is 0 Å². The molecule has 0 unspecified atom stereocenters. The Bertz CT molecular complexity index is 439. The summed E-state index contributed by atoms with van der Waals surface area (Å²) in [5.41, 5.74) is 1.18. The molecule has 116 valence electrons. The minimum absolute atomic E-state index is 0.137. The van der Waals surface area contributed by atoms with E-state index >= 15 is 0 Å². The zero-order valence-electron chi connectivity index (χ0n) is 13.1. The Labute approximate surface area is 127 Å². The predicted molar refractivity (Wildman–Crippen MR) is 84.3 cm³/mol. The average Bonchev–Trinajstić information content (AvgIpc) is 2.48. The molecular formula is C17H26N2O2. The molecule has 0 bridgehead atoms. The molecule has 21 heavy (non-hydrogen) atoms. The zero-order chi connectivity index (χ0) is 15.1. The van der Waals surface area contributed by atoms with Crippen molar-refractivity contribution in [1.29, 1.82) is 0 Å². The number of methoxy groups -OCH3 is 1. The third-order valence-corrected chi connectivity index (χ3v) is 4.00. The Hall–Kier alpha value is -1.55. The molecule has 4 heteroatoms. The van der Waals surface area contributed by atoms with E-state index < -0.39 is 0 Å². The molecule has 1 fully saturated rings. The van der Waals surface area contributed by atoms with Crippen LogP contribution in [0.25, 0.3) is 0 Å². The van der Waals surface area contributed by atoms with Crippen molar-refractivity contribution >= 4 is 5.91 Å². The lowest BCUT2D eigenvalue weighted by atomic mass is 9.95. The SMILES string of the molecule is COc1ccc(CN(C)CC(=O)NC2CCCCC2)cc1. The Balaban J connectivity index is 1.74. The van der Waals surface area contributed by atoms with Gasteiger partial charge in [0.05, 0.1) is 13.7 Å². The topological polar surface area (TPSA) is 41.6 Å². The highest BCUT2D eigenvalue weighted by atomic mass is 16.5. The average molecular weight is 290 g/mol. The minimum Gasteiger partial charge on any atom is -0.497 e. The fourth-order valence-corrected chi connectivity index (χ4v) is 2.86. The first-order valence-electron chi connectivity index (χ1n) is 7.78. The van der Waals surface area contributed by atoms with Gasteiger partial charge >= 0.3 is 0 Å². The van der Waals surface area contributed by atoms with Crippen LogP contribution in [-0.2, 0) is 11.3 Å². The van der Waals surface area contributed by atoms with E-state index in [1.54, 1.807) is 7.11 Å². The first kappa shape index (κ1) is 15.8. The molecule has 0 aromatic heterocycles. The van der Waals surface area contributed by atoms with E-state index in [1.807, 2.05) is 36.2 Å². The van der Waals surface area contributed by atoms with Crippen LogP contribution in [0.1, 0.15) is 37.7 Å². The summed E-state index contributed by atoms with van der Waals surface area (Å²) in [6.07, 6.45) is 6.06. The number of rotatable bonds is 6. The van der Waals surface area contributed by atoms with E-state index in [-0.39, 0.29) is 5.91 Å². The monoisotopic (exact) mass is 290 g/mol. The summed E-state index contributed by atoms with van der Waals surface area (Å²) in [7, 11) is 3.64. The fourth-order valence-electron chi connectivity index (χ4n) is 2.86. The molecule has 1 N–H and O–H groups in total. The quantitative estimate of drug-likeness (QED) is 0.875. The molecular weight excluding hydrogens is 264 g/mol. The van der Waals surface area contributed by atoms with Gasteiger partial charge in [0.2, 0.25) is 5.91 Å². The maximum absolute atomic E-state index is 12.0. The van der Waals surface area contributed by atoms with E-state index in [0.717, 1.165) is 25.1 Å². The van der Waals surface area contributed by atoms with Crippen LogP contribution >= 0.6 is 0 Å². The van der Waals surface area contributed by atoms with E-state index in [0.29, 0.717) is 12.6 Å². The molecule has 1 aromatic carbocycles. The van der Waals surface area contributed by atoms with E-state index in [2.05, 4.69) is 5.32 Å². The van der Waals surface area contributed by atoms with Crippen molar-refractivity contribution in [3.63, 3.8) is 0 Å². The highest BCUT2D eigenvalue weighted by Crippen LogP contribution is 2.17. The van der Waals surface area contributed by atoms with Gasteiger partial charge in [-0.1, -0.05) is 31.4 Å².